The van der Waals surface area contributed by atoms with Crippen LogP contribution in [0.4, 0.5) is 5.69 Å². The number of aliphatic hydroxyl groups excluding tert-OH is 1. The first-order chi connectivity index (χ1) is 29.9. The first kappa shape index (κ1) is 51.3. The molecule has 3 N–H and O–H groups in total. The van der Waals surface area contributed by atoms with Gasteiger partial charge in [-0.25, -0.2) is 0 Å². The number of hydrogen-bond donors (Lipinski definition) is 3. The molecule has 1 aliphatic carbocycles. The summed E-state index contributed by atoms with van der Waals surface area (Å²) in [6.45, 7) is 16.2. The minimum Gasteiger partial charge on any atom is -0.400 e. The van der Waals surface area contributed by atoms with E-state index in [1.807, 2.05) is 101 Å². The number of anilines is 1. The Hall–Kier alpha value is -5.04. The minimum absolute atomic E-state index is 0.0545. The molecule has 62 heavy (non-hydrogen) atoms. The first-order valence-electron chi connectivity index (χ1n) is 20.9. The Morgan fingerprint density at radius 3 is 2.45 bits per heavy atom. The Balaban J connectivity index is 0.00000249. The Kier molecular flexibility index (Phi) is 21.9. The molecule has 0 radical (unpaired) electrons. The van der Waals surface area contributed by atoms with Gasteiger partial charge in [-0.3, -0.25) is 19.6 Å². The van der Waals surface area contributed by atoms with Crippen LogP contribution in [0.25, 0.3) is 28.6 Å². The van der Waals surface area contributed by atoms with Gasteiger partial charge in [-0.15, -0.1) is 0 Å². The van der Waals surface area contributed by atoms with Gasteiger partial charge in [0.2, 0.25) is 6.41 Å². The minimum atomic E-state index is -0.0545. The third-order valence-electron chi connectivity index (χ3n) is 9.91. The number of carbonyl (C=O) groups is 2. The van der Waals surface area contributed by atoms with Crippen LogP contribution in [-0.2, 0) is 27.4 Å². The van der Waals surface area contributed by atoms with E-state index in [0.29, 0.717) is 62.8 Å². The van der Waals surface area contributed by atoms with Crippen molar-refractivity contribution in [2.24, 2.45) is 5.10 Å². The number of hydrazone groups is 1. The van der Waals surface area contributed by atoms with Gasteiger partial charge >= 0.3 is 0 Å². The molecule has 0 saturated heterocycles. The number of carbonyl (C=O) groups excluding carboxylic acids is 2. The normalized spacial score (nSPS) is 14.0. The lowest BCUT2D eigenvalue weighted by Gasteiger charge is -2.23. The molecule has 2 aromatic carbocycles. The second-order valence-electron chi connectivity index (χ2n) is 14.7. The molecule has 5 rings (SSSR count). The summed E-state index contributed by atoms with van der Waals surface area (Å²) in [6, 6.07) is 15.9. The Labute approximate surface area is 378 Å². The highest BCUT2D eigenvalue weighted by Gasteiger charge is 2.20. The number of hydrogen-bond acceptors (Lipinski definition) is 9. The van der Waals surface area contributed by atoms with E-state index in [0.717, 1.165) is 97.5 Å². The molecular formula is C49H64Cl2N6O5. The van der Waals surface area contributed by atoms with Crippen molar-refractivity contribution in [3.05, 3.63) is 121 Å². The van der Waals surface area contributed by atoms with Gasteiger partial charge in [0.05, 0.1) is 41.8 Å². The molecule has 0 spiro atoms. The summed E-state index contributed by atoms with van der Waals surface area (Å²) in [5.41, 5.74) is 11.7. The van der Waals surface area contributed by atoms with Crippen LogP contribution in [0, 0.1) is 0 Å². The van der Waals surface area contributed by atoms with E-state index in [2.05, 4.69) is 51.9 Å². The molecule has 0 bridgehead atoms. The third-order valence-corrected chi connectivity index (χ3v) is 10.9. The standard InChI is InChI=1S/C46H54Cl2N6O4.C2H6.CH4O/c1-30(2)52-53(6)33(5)21-42-43(47)14-13-41(45(42)51-17-16-49-29-56)35(11-10-18-58-40-19-31(3)44(48)32(4)20-40)24-36-22-34(28-57-7)23-37-25-39(27-55)54(46(36)37)26-38-12-8-9-15-50-38;2*1-2/h8-9,12-15,19,21-25,27,29,40,51H,10-11,16-18,20,26,28H2,1-7H3,(H,49,56);1-2H3;2H,1H3/b33-21+,35-24+;;. The Morgan fingerprint density at radius 1 is 1.05 bits per heavy atom. The van der Waals surface area contributed by atoms with Crippen LogP contribution in [0.3, 0.4) is 0 Å². The second-order valence-corrected chi connectivity index (χ2v) is 15.5. The fourth-order valence-electron chi connectivity index (χ4n) is 7.22. The fourth-order valence-corrected chi connectivity index (χ4v) is 7.58. The van der Waals surface area contributed by atoms with E-state index in [4.69, 9.17) is 37.8 Å². The highest BCUT2D eigenvalue weighted by Crippen LogP contribution is 2.39. The number of aldehydes is 1. The van der Waals surface area contributed by atoms with Crippen molar-refractivity contribution in [2.45, 2.75) is 87.0 Å². The lowest BCUT2D eigenvalue weighted by atomic mass is 9.93. The molecule has 11 nitrogen and oxygen atoms in total. The lowest BCUT2D eigenvalue weighted by Crippen LogP contribution is -2.21. The molecule has 13 heteroatoms. The van der Waals surface area contributed by atoms with Crippen LogP contribution >= 0.6 is 23.2 Å². The summed E-state index contributed by atoms with van der Waals surface area (Å²) < 4.78 is 14.1. The smallest absolute Gasteiger partial charge is 0.207 e. The van der Waals surface area contributed by atoms with Crippen molar-refractivity contribution in [1.82, 2.24) is 19.9 Å². The van der Waals surface area contributed by atoms with Crippen LogP contribution in [0.1, 0.15) is 106 Å². The predicted molar refractivity (Wildman–Crippen MR) is 259 cm³/mol. The molecule has 1 aliphatic rings. The SMILES string of the molecule is CC.CO.COCc1cc(/C=C(\CCCOC2C=C(C)C(Cl)=C(C)C2)c2ccc(Cl)c(/C=C(\C)N(C)N=C(C)C)c2NCCNC=O)c2c(c1)cc(C=O)n2Cc1ccccn1. The predicted octanol–water partition coefficient (Wildman–Crippen LogP) is 10.7. The first-order valence-corrected chi connectivity index (χ1v) is 21.7. The van der Waals surface area contributed by atoms with Crippen molar-refractivity contribution in [3.63, 3.8) is 0 Å². The maximum atomic E-state index is 12.6. The number of halogens is 2. The summed E-state index contributed by atoms with van der Waals surface area (Å²) in [5, 5.41) is 22.1. The third kappa shape index (κ3) is 14.3. The zero-order valence-electron chi connectivity index (χ0n) is 37.9. The molecule has 0 aliphatic heterocycles. The van der Waals surface area contributed by atoms with Crippen LogP contribution in [-0.4, -0.2) is 85.1 Å². The summed E-state index contributed by atoms with van der Waals surface area (Å²) >= 11 is 13.5. The van der Waals surface area contributed by atoms with Gasteiger partial charge in [-0.05, 0) is 125 Å². The second kappa shape index (κ2) is 26.4. The lowest BCUT2D eigenvalue weighted by molar-refractivity contribution is -0.109. The number of aromatic nitrogens is 2. The number of fused-ring (bicyclic) bond motifs is 1. The molecule has 4 aromatic rings. The van der Waals surface area contributed by atoms with Crippen molar-refractivity contribution < 1.29 is 24.2 Å². The molecule has 0 saturated carbocycles. The maximum absolute atomic E-state index is 12.6. The van der Waals surface area contributed by atoms with Gasteiger partial charge in [0.25, 0.3) is 0 Å². The quantitative estimate of drug-likeness (QED) is 0.0263. The van der Waals surface area contributed by atoms with E-state index < -0.39 is 0 Å². The van der Waals surface area contributed by atoms with Crippen LogP contribution in [0.2, 0.25) is 5.02 Å². The average Bonchev–Trinajstić information content (AvgIpc) is 3.62. The number of methoxy groups -OCH3 is 1. The van der Waals surface area contributed by atoms with Crippen LogP contribution < -0.4 is 10.6 Å². The maximum Gasteiger partial charge on any atom is 0.207 e. The van der Waals surface area contributed by atoms with Gasteiger partial charge < -0.3 is 29.8 Å². The fraction of sp³-hybridized carbons (Fsp3) is 0.388. The van der Waals surface area contributed by atoms with E-state index in [1.54, 1.807) is 13.3 Å². The van der Waals surface area contributed by atoms with Gasteiger partial charge in [0.15, 0.2) is 6.29 Å². The molecule has 1 amide bonds. The van der Waals surface area contributed by atoms with E-state index in [1.165, 1.54) is 0 Å². The average molecular weight is 888 g/mol. The highest BCUT2D eigenvalue weighted by atomic mass is 35.5. The largest absolute Gasteiger partial charge is 0.400 e. The van der Waals surface area contributed by atoms with Crippen molar-refractivity contribution in [2.75, 3.05) is 46.3 Å². The molecule has 0 fully saturated rings. The summed E-state index contributed by atoms with van der Waals surface area (Å²) in [6.07, 6.45) is 11.7. The molecule has 2 aromatic heterocycles. The zero-order chi connectivity index (χ0) is 45.8. The van der Waals surface area contributed by atoms with Gasteiger partial charge in [0.1, 0.15) is 0 Å². The number of pyridine rings is 1. The van der Waals surface area contributed by atoms with E-state index in [-0.39, 0.29) is 6.10 Å². The zero-order valence-corrected chi connectivity index (χ0v) is 39.5. The number of aliphatic hydroxyl groups is 1. The van der Waals surface area contributed by atoms with Crippen LogP contribution in [0.15, 0.2) is 87.8 Å². The Bertz CT molecular complexity index is 2260. The molecule has 2 heterocycles. The summed E-state index contributed by atoms with van der Waals surface area (Å²) in [5.74, 6) is 0. The summed E-state index contributed by atoms with van der Waals surface area (Å²) in [4.78, 5) is 28.4. The molecule has 334 valence electrons. The summed E-state index contributed by atoms with van der Waals surface area (Å²) in [7, 11) is 4.58. The molecular weight excluding hydrogens is 823 g/mol. The van der Waals surface area contributed by atoms with E-state index >= 15 is 0 Å². The number of nitrogens with one attached hydrogen (secondary N) is 2. The number of ether oxygens (including phenoxy) is 2. The molecule has 1 atom stereocenters. The number of allylic oxidation sites excluding steroid dienone is 4. The Morgan fingerprint density at radius 2 is 1.81 bits per heavy atom. The number of nitrogens with zero attached hydrogens (tertiary/aromatic N) is 4. The van der Waals surface area contributed by atoms with Crippen LogP contribution in [0.5, 0.6) is 0 Å². The van der Waals surface area contributed by atoms with Crippen molar-refractivity contribution >= 4 is 75.9 Å². The number of rotatable bonds is 20. The monoisotopic (exact) mass is 886 g/mol. The number of benzene rings is 2. The number of amides is 1. The van der Waals surface area contributed by atoms with Gasteiger partial charge in [-0.2, -0.15) is 5.10 Å². The van der Waals surface area contributed by atoms with Gasteiger partial charge in [0, 0.05) is 85.1 Å². The van der Waals surface area contributed by atoms with Crippen molar-refractivity contribution in [1.29, 1.82) is 0 Å². The van der Waals surface area contributed by atoms with Gasteiger partial charge in [-0.1, -0.05) is 60.8 Å². The molecule has 1 unspecified atom stereocenters. The van der Waals surface area contributed by atoms with Crippen molar-refractivity contribution in [3.8, 4) is 0 Å². The van der Waals surface area contributed by atoms with E-state index in [9.17, 15) is 9.59 Å². The highest BCUT2D eigenvalue weighted by molar-refractivity contribution is 6.33. The topological polar surface area (TPSA) is 130 Å².